The predicted octanol–water partition coefficient (Wildman–Crippen LogP) is 2.27. The van der Waals surface area contributed by atoms with Gasteiger partial charge < -0.3 is 20.0 Å². The maximum Gasteiger partial charge on any atom is 0.313 e. The first-order valence-electron chi connectivity index (χ1n) is 11.0. The van der Waals surface area contributed by atoms with E-state index in [0.29, 0.717) is 17.9 Å². The minimum atomic E-state index is -0.759. The summed E-state index contributed by atoms with van der Waals surface area (Å²) in [5, 5.41) is 9.89. The van der Waals surface area contributed by atoms with Gasteiger partial charge in [0, 0.05) is 24.5 Å². The van der Waals surface area contributed by atoms with Crippen molar-refractivity contribution in [1.82, 2.24) is 15.1 Å². The van der Waals surface area contributed by atoms with Crippen LogP contribution in [-0.2, 0) is 27.2 Å². The fourth-order valence-electron chi connectivity index (χ4n) is 4.76. The summed E-state index contributed by atoms with van der Waals surface area (Å²) < 4.78 is 7.33. The smallest absolute Gasteiger partial charge is 0.313 e. The van der Waals surface area contributed by atoms with E-state index in [1.54, 1.807) is 23.1 Å². The van der Waals surface area contributed by atoms with Gasteiger partial charge in [-0.2, -0.15) is 5.10 Å². The number of rotatable bonds is 5. The zero-order chi connectivity index (χ0) is 23.1. The van der Waals surface area contributed by atoms with Crippen LogP contribution in [0.25, 0.3) is 0 Å². The molecule has 3 aromatic rings. The number of aryl methyl sites for hydroxylation is 3. The Bertz CT molecular complexity index is 1240. The Labute approximate surface area is 190 Å². The van der Waals surface area contributed by atoms with Crippen LogP contribution in [0, 0.1) is 13.8 Å². The van der Waals surface area contributed by atoms with E-state index in [2.05, 4.69) is 15.7 Å². The molecule has 4 heterocycles. The van der Waals surface area contributed by atoms with Crippen LogP contribution < -0.4 is 15.5 Å². The van der Waals surface area contributed by atoms with Crippen molar-refractivity contribution in [2.24, 2.45) is 0 Å². The van der Waals surface area contributed by atoms with E-state index in [0.717, 1.165) is 47.6 Å². The fourth-order valence-corrected chi connectivity index (χ4v) is 4.76. The monoisotopic (exact) mass is 447 g/mol. The highest BCUT2D eigenvalue weighted by molar-refractivity contribution is 6.39. The van der Waals surface area contributed by atoms with Gasteiger partial charge in [0.25, 0.3) is 0 Å². The number of amides is 3. The summed E-state index contributed by atoms with van der Waals surface area (Å²) in [4.78, 5) is 39.3. The van der Waals surface area contributed by atoms with Gasteiger partial charge in [0.2, 0.25) is 5.91 Å². The molecule has 33 heavy (non-hydrogen) atoms. The Hall–Kier alpha value is -3.88. The molecule has 2 aromatic heterocycles. The Balaban J connectivity index is 1.29. The third kappa shape index (κ3) is 3.90. The van der Waals surface area contributed by atoms with E-state index in [4.69, 9.17) is 4.42 Å². The molecule has 0 radical (unpaired) electrons. The maximum absolute atomic E-state index is 12.6. The van der Waals surface area contributed by atoms with Crippen molar-refractivity contribution in [3.63, 3.8) is 0 Å². The number of anilines is 2. The first-order valence-corrected chi connectivity index (χ1v) is 11.0. The van der Waals surface area contributed by atoms with Crippen LogP contribution in [0.2, 0.25) is 0 Å². The number of hydrogen-bond acceptors (Lipinski definition) is 5. The van der Waals surface area contributed by atoms with Crippen molar-refractivity contribution in [1.29, 1.82) is 0 Å². The van der Waals surface area contributed by atoms with Crippen molar-refractivity contribution >= 4 is 29.1 Å². The van der Waals surface area contributed by atoms with Gasteiger partial charge in [0.05, 0.1) is 24.1 Å². The van der Waals surface area contributed by atoms with Crippen molar-refractivity contribution < 1.29 is 18.8 Å². The van der Waals surface area contributed by atoms with E-state index in [1.165, 1.54) is 0 Å². The average molecular weight is 447 g/mol. The van der Waals surface area contributed by atoms with Crippen molar-refractivity contribution in [2.45, 2.75) is 39.2 Å². The van der Waals surface area contributed by atoms with Gasteiger partial charge in [0.1, 0.15) is 11.8 Å². The number of carbonyl (C=O) groups is 3. The average Bonchev–Trinajstić information content (AvgIpc) is 3.50. The molecule has 170 valence electrons. The highest BCUT2D eigenvalue weighted by atomic mass is 16.3. The standard InChI is InChI=1S/C24H25N5O4/c1-14-9-15(2)29(27-14)19(20-6-4-8-33-20)13-25-23(31)24(32)26-18-10-16-5-3-7-28-21(30)12-17(11-18)22(16)28/h4,6,8-11,19H,3,5,7,12-13H2,1-2H3,(H,25,31)(H,26,32). The van der Waals surface area contributed by atoms with Gasteiger partial charge in [0.15, 0.2) is 0 Å². The number of carbonyl (C=O) groups excluding carboxylic acids is 3. The van der Waals surface area contributed by atoms with Crippen LogP contribution in [0.4, 0.5) is 11.4 Å². The van der Waals surface area contributed by atoms with E-state index < -0.39 is 11.8 Å². The minimum Gasteiger partial charge on any atom is -0.467 e. The Morgan fingerprint density at radius 1 is 1.18 bits per heavy atom. The molecule has 0 aliphatic carbocycles. The molecular weight excluding hydrogens is 422 g/mol. The molecule has 0 fully saturated rings. The van der Waals surface area contributed by atoms with E-state index in [1.807, 2.05) is 36.9 Å². The number of hydrogen-bond donors (Lipinski definition) is 2. The topological polar surface area (TPSA) is 109 Å². The predicted molar refractivity (Wildman–Crippen MR) is 121 cm³/mol. The van der Waals surface area contributed by atoms with Crippen molar-refractivity contribution in [3.8, 4) is 0 Å². The summed E-state index contributed by atoms with van der Waals surface area (Å²) in [7, 11) is 0. The lowest BCUT2D eigenvalue weighted by atomic mass is 9.99. The molecule has 9 nitrogen and oxygen atoms in total. The van der Waals surface area contributed by atoms with Crippen LogP contribution in [0.1, 0.15) is 40.7 Å². The molecule has 2 N–H and O–H groups in total. The Morgan fingerprint density at radius 3 is 2.73 bits per heavy atom. The molecule has 0 saturated carbocycles. The van der Waals surface area contributed by atoms with E-state index in [9.17, 15) is 14.4 Å². The molecule has 0 bridgehead atoms. The summed E-state index contributed by atoms with van der Waals surface area (Å²) in [6.07, 6.45) is 3.62. The molecule has 1 aromatic carbocycles. The summed E-state index contributed by atoms with van der Waals surface area (Å²) in [5.74, 6) is -0.792. The van der Waals surface area contributed by atoms with Crippen LogP contribution in [0.5, 0.6) is 0 Å². The third-order valence-corrected chi connectivity index (χ3v) is 6.14. The Kier molecular flexibility index (Phi) is 5.24. The van der Waals surface area contributed by atoms with Crippen LogP contribution in [0.15, 0.2) is 41.0 Å². The lowest BCUT2D eigenvalue weighted by molar-refractivity contribution is -0.136. The van der Waals surface area contributed by atoms with E-state index in [-0.39, 0.29) is 18.5 Å². The van der Waals surface area contributed by atoms with Crippen LogP contribution in [0.3, 0.4) is 0 Å². The van der Waals surface area contributed by atoms with Gasteiger partial charge >= 0.3 is 11.8 Å². The van der Waals surface area contributed by atoms with Crippen molar-refractivity contribution in [2.75, 3.05) is 23.3 Å². The number of nitrogens with zero attached hydrogens (tertiary/aromatic N) is 3. The zero-order valence-corrected chi connectivity index (χ0v) is 18.6. The largest absolute Gasteiger partial charge is 0.467 e. The molecule has 9 heteroatoms. The first-order chi connectivity index (χ1) is 15.9. The third-order valence-electron chi connectivity index (χ3n) is 6.14. The number of benzene rings is 1. The highest BCUT2D eigenvalue weighted by Crippen LogP contribution is 2.38. The van der Waals surface area contributed by atoms with Gasteiger partial charge in [-0.1, -0.05) is 0 Å². The second-order valence-electron chi connectivity index (χ2n) is 8.54. The quantitative estimate of drug-likeness (QED) is 0.583. The molecule has 1 atom stereocenters. The summed E-state index contributed by atoms with van der Waals surface area (Å²) in [6, 6.07) is 8.79. The lowest BCUT2D eigenvalue weighted by Gasteiger charge is -2.26. The first kappa shape index (κ1) is 21.0. The van der Waals surface area contributed by atoms with Gasteiger partial charge in [-0.15, -0.1) is 0 Å². The second kappa shape index (κ2) is 8.23. The molecule has 1 unspecified atom stereocenters. The molecule has 0 saturated heterocycles. The molecule has 2 aliphatic rings. The van der Waals surface area contributed by atoms with Crippen LogP contribution in [-0.4, -0.2) is 40.6 Å². The Morgan fingerprint density at radius 2 is 2.00 bits per heavy atom. The normalized spacial score (nSPS) is 15.3. The highest BCUT2D eigenvalue weighted by Gasteiger charge is 2.32. The number of nitrogens with one attached hydrogen (secondary N) is 2. The molecular formula is C24H25N5O4. The molecule has 5 rings (SSSR count). The minimum absolute atomic E-state index is 0.0836. The van der Waals surface area contributed by atoms with Crippen molar-refractivity contribution in [3.05, 3.63) is 64.9 Å². The summed E-state index contributed by atoms with van der Waals surface area (Å²) in [5.41, 5.74) is 5.20. The number of aromatic nitrogens is 2. The lowest BCUT2D eigenvalue weighted by Crippen LogP contribution is -2.39. The molecule has 3 amide bonds. The second-order valence-corrected chi connectivity index (χ2v) is 8.54. The van der Waals surface area contributed by atoms with Gasteiger partial charge in [-0.05, 0) is 68.1 Å². The summed E-state index contributed by atoms with van der Waals surface area (Å²) >= 11 is 0. The fraction of sp³-hybridized carbons (Fsp3) is 0.333. The maximum atomic E-state index is 12.6. The zero-order valence-electron chi connectivity index (χ0n) is 18.6. The SMILES string of the molecule is Cc1cc(C)n(C(CNC(=O)C(=O)Nc2cc3c4c(c2)CC(=O)N4CCC3)c2ccco2)n1. The number of furan rings is 1. The van der Waals surface area contributed by atoms with E-state index >= 15 is 0 Å². The van der Waals surface area contributed by atoms with Gasteiger partial charge in [-0.25, -0.2) is 0 Å². The van der Waals surface area contributed by atoms with Gasteiger partial charge in [-0.3, -0.25) is 19.1 Å². The summed E-state index contributed by atoms with van der Waals surface area (Å²) in [6.45, 7) is 4.70. The molecule has 2 aliphatic heterocycles. The van der Waals surface area contributed by atoms with Crippen LogP contribution >= 0.6 is 0 Å². The molecule has 0 spiro atoms.